The van der Waals surface area contributed by atoms with E-state index in [4.69, 9.17) is 4.74 Å². The summed E-state index contributed by atoms with van der Waals surface area (Å²) in [5, 5.41) is 0. The highest BCUT2D eigenvalue weighted by Gasteiger charge is 2.17. The second-order valence-electron chi connectivity index (χ2n) is 8.23. The molecule has 1 N–H and O–H groups in total. The molecule has 0 amide bonds. The molecule has 0 aliphatic carbocycles. The van der Waals surface area contributed by atoms with Crippen LogP contribution in [0.1, 0.15) is 42.3 Å². The third-order valence-corrected chi connectivity index (χ3v) is 6.25. The van der Waals surface area contributed by atoms with E-state index >= 15 is 0 Å². The zero-order chi connectivity index (χ0) is 22.5. The van der Waals surface area contributed by atoms with Gasteiger partial charge in [0.1, 0.15) is 6.61 Å². The summed E-state index contributed by atoms with van der Waals surface area (Å²) in [5.74, 6) is -0.425. The van der Waals surface area contributed by atoms with E-state index in [0.29, 0.717) is 12.1 Å². The van der Waals surface area contributed by atoms with Crippen molar-refractivity contribution in [1.29, 1.82) is 0 Å². The number of carbonyl (C=O) groups is 1. The molecule has 7 nitrogen and oxygen atoms in total. The zero-order valence-corrected chi connectivity index (χ0v) is 18.7. The smallest absolute Gasteiger partial charge is 0.338 e. The average molecular weight is 442 g/mol. The lowest BCUT2D eigenvalue weighted by molar-refractivity contribution is 0.0491. The second-order valence-corrected chi connectivity index (χ2v) is 10.00. The van der Waals surface area contributed by atoms with Gasteiger partial charge in [0, 0.05) is 18.9 Å². The number of carbonyl (C=O) groups excluding carboxylic acids is 1. The van der Waals surface area contributed by atoms with Gasteiger partial charge in [-0.25, -0.2) is 22.9 Å². The lowest BCUT2D eigenvalue weighted by Gasteiger charge is -2.19. The SMILES string of the molecule is CC(C)(C)c1ccc(S(=O)(=O)NCc2ccc(C(=O)OCCn3ccnc3)cc2)cc1. The van der Waals surface area contributed by atoms with E-state index in [1.807, 2.05) is 16.7 Å². The number of nitrogens with one attached hydrogen (secondary N) is 1. The molecule has 3 rings (SSSR count). The van der Waals surface area contributed by atoms with E-state index in [9.17, 15) is 13.2 Å². The predicted molar refractivity (Wildman–Crippen MR) is 118 cm³/mol. The third kappa shape index (κ3) is 6.26. The van der Waals surface area contributed by atoms with E-state index in [1.165, 1.54) is 0 Å². The number of esters is 1. The van der Waals surface area contributed by atoms with Gasteiger partial charge in [-0.15, -0.1) is 0 Å². The Kier molecular flexibility index (Phi) is 6.92. The van der Waals surface area contributed by atoms with Gasteiger partial charge in [0.2, 0.25) is 10.0 Å². The van der Waals surface area contributed by atoms with E-state index in [0.717, 1.165) is 11.1 Å². The molecular weight excluding hydrogens is 414 g/mol. The molecule has 0 saturated carbocycles. The molecule has 1 heterocycles. The van der Waals surface area contributed by atoms with Crippen LogP contribution in [0, 0.1) is 0 Å². The molecular formula is C23H27N3O4S. The largest absolute Gasteiger partial charge is 0.460 e. The molecule has 0 fully saturated rings. The van der Waals surface area contributed by atoms with Crippen LogP contribution in [-0.2, 0) is 33.3 Å². The highest BCUT2D eigenvalue weighted by Crippen LogP contribution is 2.23. The summed E-state index contributed by atoms with van der Waals surface area (Å²) >= 11 is 0. The van der Waals surface area contributed by atoms with Crippen LogP contribution in [0.3, 0.4) is 0 Å². The molecule has 0 aliphatic rings. The Balaban J connectivity index is 1.53. The van der Waals surface area contributed by atoms with Gasteiger partial charge >= 0.3 is 5.97 Å². The van der Waals surface area contributed by atoms with Gasteiger partial charge < -0.3 is 9.30 Å². The number of aromatic nitrogens is 2. The van der Waals surface area contributed by atoms with Crippen LogP contribution in [0.2, 0.25) is 0 Å². The van der Waals surface area contributed by atoms with Crippen LogP contribution in [0.15, 0.2) is 72.1 Å². The van der Waals surface area contributed by atoms with Crippen LogP contribution in [0.5, 0.6) is 0 Å². The van der Waals surface area contributed by atoms with Gasteiger partial charge in [0.15, 0.2) is 0 Å². The summed E-state index contributed by atoms with van der Waals surface area (Å²) in [7, 11) is -3.63. The lowest BCUT2D eigenvalue weighted by atomic mass is 9.87. The summed E-state index contributed by atoms with van der Waals surface area (Å²) in [6, 6.07) is 13.6. The Hall–Kier alpha value is -2.97. The number of rotatable bonds is 8. The minimum atomic E-state index is -3.63. The lowest BCUT2D eigenvalue weighted by Crippen LogP contribution is -2.23. The summed E-state index contributed by atoms with van der Waals surface area (Å²) < 4.78 is 34.8. The molecule has 0 bridgehead atoms. The molecule has 8 heteroatoms. The second kappa shape index (κ2) is 9.45. The Bertz CT molecular complexity index is 1100. The van der Waals surface area contributed by atoms with Crippen molar-refractivity contribution in [1.82, 2.24) is 14.3 Å². The molecule has 0 unspecified atom stereocenters. The van der Waals surface area contributed by atoms with Crippen molar-refractivity contribution in [2.45, 2.75) is 44.2 Å². The van der Waals surface area contributed by atoms with Crippen LogP contribution in [0.25, 0.3) is 0 Å². The Morgan fingerprint density at radius 1 is 1.06 bits per heavy atom. The van der Waals surface area contributed by atoms with Crippen LogP contribution < -0.4 is 4.72 Å². The van der Waals surface area contributed by atoms with E-state index < -0.39 is 16.0 Å². The van der Waals surface area contributed by atoms with Gasteiger partial charge in [-0.2, -0.15) is 0 Å². The molecule has 164 valence electrons. The first kappa shape index (κ1) is 22.7. The van der Waals surface area contributed by atoms with Crippen LogP contribution in [-0.4, -0.2) is 30.5 Å². The average Bonchev–Trinajstić information content (AvgIpc) is 3.26. The summed E-state index contributed by atoms with van der Waals surface area (Å²) in [5.41, 5.74) is 2.18. The number of imidazole rings is 1. The summed E-state index contributed by atoms with van der Waals surface area (Å²) in [6.07, 6.45) is 5.11. The van der Waals surface area contributed by atoms with Gasteiger partial charge in [-0.3, -0.25) is 0 Å². The van der Waals surface area contributed by atoms with Gasteiger partial charge in [-0.05, 0) is 40.8 Å². The Morgan fingerprint density at radius 3 is 2.32 bits per heavy atom. The monoisotopic (exact) mass is 441 g/mol. The van der Waals surface area contributed by atoms with Crippen molar-refractivity contribution >= 4 is 16.0 Å². The molecule has 0 aliphatic heterocycles. The van der Waals surface area contributed by atoms with Crippen molar-refractivity contribution < 1.29 is 17.9 Å². The summed E-state index contributed by atoms with van der Waals surface area (Å²) in [4.78, 5) is 16.3. The fourth-order valence-electron chi connectivity index (χ4n) is 2.90. The summed E-state index contributed by atoms with van der Waals surface area (Å²) in [6.45, 7) is 7.13. The number of benzene rings is 2. The fourth-order valence-corrected chi connectivity index (χ4v) is 3.92. The predicted octanol–water partition coefficient (Wildman–Crippen LogP) is 3.52. The molecule has 0 spiro atoms. The van der Waals surface area contributed by atoms with Gasteiger partial charge in [0.25, 0.3) is 0 Å². The maximum atomic E-state index is 12.6. The normalized spacial score (nSPS) is 12.0. The molecule has 2 aromatic carbocycles. The van der Waals surface area contributed by atoms with Crippen LogP contribution >= 0.6 is 0 Å². The van der Waals surface area contributed by atoms with Gasteiger partial charge in [-0.1, -0.05) is 45.0 Å². The number of hydrogen-bond acceptors (Lipinski definition) is 5. The zero-order valence-electron chi connectivity index (χ0n) is 17.9. The standard InChI is InChI=1S/C23H27N3O4S/c1-23(2,3)20-8-10-21(11-9-20)31(28,29)25-16-18-4-6-19(7-5-18)22(27)30-15-14-26-13-12-24-17-26/h4-13,17,25H,14-16H2,1-3H3. The highest BCUT2D eigenvalue weighted by molar-refractivity contribution is 7.89. The van der Waals surface area contributed by atoms with Crippen LogP contribution in [0.4, 0.5) is 0 Å². The van der Waals surface area contributed by atoms with Crippen molar-refractivity contribution in [3.63, 3.8) is 0 Å². The van der Waals surface area contributed by atoms with Crippen molar-refractivity contribution in [3.05, 3.63) is 83.9 Å². The maximum absolute atomic E-state index is 12.6. The molecule has 3 aromatic rings. The van der Waals surface area contributed by atoms with E-state index in [-0.39, 0.29) is 23.5 Å². The molecule has 1 aromatic heterocycles. The Morgan fingerprint density at radius 2 is 1.74 bits per heavy atom. The van der Waals surface area contributed by atoms with Crippen molar-refractivity contribution in [3.8, 4) is 0 Å². The number of ether oxygens (including phenoxy) is 1. The Labute approximate surface area is 183 Å². The quantitative estimate of drug-likeness (QED) is 0.540. The number of hydrogen-bond donors (Lipinski definition) is 1. The first-order valence-corrected chi connectivity index (χ1v) is 11.5. The molecule has 31 heavy (non-hydrogen) atoms. The number of nitrogens with zero attached hydrogens (tertiary/aromatic N) is 2. The molecule has 0 radical (unpaired) electrons. The minimum Gasteiger partial charge on any atom is -0.460 e. The third-order valence-electron chi connectivity index (χ3n) is 4.83. The molecule has 0 saturated heterocycles. The topological polar surface area (TPSA) is 90.3 Å². The first-order chi connectivity index (χ1) is 14.6. The van der Waals surface area contributed by atoms with Gasteiger partial charge in [0.05, 0.1) is 23.3 Å². The van der Waals surface area contributed by atoms with Crippen molar-refractivity contribution in [2.24, 2.45) is 0 Å². The minimum absolute atomic E-state index is 0.0436. The number of sulfonamides is 1. The van der Waals surface area contributed by atoms with Crippen molar-refractivity contribution in [2.75, 3.05) is 6.61 Å². The highest BCUT2D eigenvalue weighted by atomic mass is 32.2. The van der Waals surface area contributed by atoms with E-state index in [2.05, 4.69) is 30.5 Å². The first-order valence-electron chi connectivity index (χ1n) is 9.97. The van der Waals surface area contributed by atoms with E-state index in [1.54, 1.807) is 55.1 Å². The maximum Gasteiger partial charge on any atom is 0.338 e. The molecule has 0 atom stereocenters. The fraction of sp³-hybridized carbons (Fsp3) is 0.304.